The molecular formula is C18H25N3O5. The normalized spacial score (nSPS) is 12.6. The van der Waals surface area contributed by atoms with Crippen LogP contribution in [0.2, 0.25) is 0 Å². The molecule has 0 saturated carbocycles. The van der Waals surface area contributed by atoms with Crippen LogP contribution in [0, 0.1) is 11.8 Å². The predicted octanol–water partition coefficient (Wildman–Crippen LogP) is 0.265. The van der Waals surface area contributed by atoms with Gasteiger partial charge in [0.15, 0.2) is 0 Å². The number of amides is 2. The zero-order chi connectivity index (χ0) is 20.1. The number of ether oxygens (including phenoxy) is 1. The Morgan fingerprint density at radius 1 is 1.31 bits per heavy atom. The summed E-state index contributed by atoms with van der Waals surface area (Å²) >= 11 is 0. The lowest BCUT2D eigenvalue weighted by Gasteiger charge is -2.30. The van der Waals surface area contributed by atoms with Crippen LogP contribution in [-0.4, -0.2) is 39.9 Å². The third-order valence-electron chi connectivity index (χ3n) is 3.42. The fraction of sp³-hybridized carbons (Fsp3) is 0.444. The standard InChI is InChI=1S/C18H25N3O5/c1-17(2,24)8-5-9-26-13-7-6-11(15(19)22)10-12(13)14(16(23)21-25)18(3,4)20/h6-7,10,14,24-25H,9,20H2,1-4H3,(H2,19,22)(H,21,23). The third kappa shape index (κ3) is 6.04. The van der Waals surface area contributed by atoms with Crippen molar-refractivity contribution in [3.05, 3.63) is 29.3 Å². The monoisotopic (exact) mass is 363 g/mol. The molecular weight excluding hydrogens is 338 g/mol. The highest BCUT2D eigenvalue weighted by atomic mass is 16.5. The van der Waals surface area contributed by atoms with E-state index in [0.717, 1.165) is 0 Å². The van der Waals surface area contributed by atoms with Crippen LogP contribution in [0.1, 0.15) is 49.5 Å². The molecule has 1 atom stereocenters. The van der Waals surface area contributed by atoms with Crippen LogP contribution < -0.4 is 21.7 Å². The number of hydrogen-bond acceptors (Lipinski definition) is 6. The van der Waals surface area contributed by atoms with Gasteiger partial charge >= 0.3 is 0 Å². The molecule has 0 aliphatic carbocycles. The van der Waals surface area contributed by atoms with Crippen molar-refractivity contribution >= 4 is 11.8 Å². The van der Waals surface area contributed by atoms with Gasteiger partial charge in [0.25, 0.3) is 5.91 Å². The molecule has 1 aromatic rings. The maximum atomic E-state index is 12.2. The van der Waals surface area contributed by atoms with Crippen LogP contribution >= 0.6 is 0 Å². The molecule has 0 aromatic heterocycles. The molecule has 26 heavy (non-hydrogen) atoms. The second-order valence-corrected chi connectivity index (χ2v) is 7.00. The van der Waals surface area contributed by atoms with Crippen molar-refractivity contribution in [2.45, 2.75) is 44.8 Å². The van der Waals surface area contributed by atoms with Gasteiger partial charge in [0.05, 0.1) is 5.92 Å². The average Bonchev–Trinajstić information content (AvgIpc) is 2.50. The first-order valence-corrected chi connectivity index (χ1v) is 7.88. The van der Waals surface area contributed by atoms with Gasteiger partial charge in [0.1, 0.15) is 18.0 Å². The van der Waals surface area contributed by atoms with Crippen LogP contribution in [0.25, 0.3) is 0 Å². The van der Waals surface area contributed by atoms with E-state index in [-0.39, 0.29) is 23.5 Å². The maximum absolute atomic E-state index is 12.2. The number of hydrogen-bond donors (Lipinski definition) is 5. The molecule has 8 heteroatoms. The van der Waals surface area contributed by atoms with Crippen molar-refractivity contribution in [2.24, 2.45) is 11.5 Å². The van der Waals surface area contributed by atoms with Crippen LogP contribution in [0.3, 0.4) is 0 Å². The number of hydroxylamine groups is 1. The molecule has 8 nitrogen and oxygen atoms in total. The van der Waals surface area contributed by atoms with Gasteiger partial charge < -0.3 is 21.3 Å². The van der Waals surface area contributed by atoms with E-state index in [1.165, 1.54) is 32.0 Å². The Labute approximate surface area is 152 Å². The first-order valence-electron chi connectivity index (χ1n) is 7.88. The van der Waals surface area contributed by atoms with E-state index in [1.807, 2.05) is 0 Å². The zero-order valence-corrected chi connectivity index (χ0v) is 15.3. The fourth-order valence-electron chi connectivity index (χ4n) is 2.37. The lowest BCUT2D eigenvalue weighted by Crippen LogP contribution is -2.46. The van der Waals surface area contributed by atoms with Gasteiger partial charge in [-0.25, -0.2) is 5.48 Å². The Morgan fingerprint density at radius 2 is 1.92 bits per heavy atom. The number of nitrogens with two attached hydrogens (primary N) is 2. The summed E-state index contributed by atoms with van der Waals surface area (Å²) in [6, 6.07) is 4.32. The zero-order valence-electron chi connectivity index (χ0n) is 15.3. The van der Waals surface area contributed by atoms with Gasteiger partial charge in [-0.15, -0.1) is 0 Å². The number of aliphatic hydroxyl groups is 1. The average molecular weight is 363 g/mol. The minimum atomic E-state index is -1.17. The second kappa shape index (κ2) is 8.19. The van der Waals surface area contributed by atoms with E-state index in [0.29, 0.717) is 0 Å². The molecule has 1 rings (SSSR count). The third-order valence-corrected chi connectivity index (χ3v) is 3.42. The summed E-state index contributed by atoms with van der Waals surface area (Å²) in [5.74, 6) is 3.05. The molecule has 0 heterocycles. The summed E-state index contributed by atoms with van der Waals surface area (Å²) in [5, 5.41) is 18.7. The van der Waals surface area contributed by atoms with Gasteiger partial charge in [-0.1, -0.05) is 11.8 Å². The van der Waals surface area contributed by atoms with E-state index in [1.54, 1.807) is 19.3 Å². The van der Waals surface area contributed by atoms with Crippen LogP contribution in [-0.2, 0) is 4.79 Å². The first kappa shape index (κ1) is 21.4. The lowest BCUT2D eigenvalue weighted by molar-refractivity contribution is -0.132. The van der Waals surface area contributed by atoms with Gasteiger partial charge in [0.2, 0.25) is 5.91 Å². The maximum Gasteiger partial charge on any atom is 0.252 e. The molecule has 0 aliphatic rings. The summed E-state index contributed by atoms with van der Waals surface area (Å²) in [7, 11) is 0. The summed E-state index contributed by atoms with van der Waals surface area (Å²) in [4.78, 5) is 23.7. The summed E-state index contributed by atoms with van der Waals surface area (Å²) < 4.78 is 5.58. The molecule has 0 bridgehead atoms. The molecule has 1 aromatic carbocycles. The summed E-state index contributed by atoms with van der Waals surface area (Å²) in [5.41, 5.74) is 11.2. The van der Waals surface area contributed by atoms with E-state index >= 15 is 0 Å². The minimum absolute atomic E-state index is 0.0641. The van der Waals surface area contributed by atoms with Crippen LogP contribution in [0.5, 0.6) is 5.75 Å². The highest BCUT2D eigenvalue weighted by Gasteiger charge is 2.36. The molecule has 1 unspecified atom stereocenters. The number of carbonyl (C=O) groups excluding carboxylic acids is 2. The second-order valence-electron chi connectivity index (χ2n) is 7.00. The predicted molar refractivity (Wildman–Crippen MR) is 95.5 cm³/mol. The van der Waals surface area contributed by atoms with E-state index in [2.05, 4.69) is 11.8 Å². The Bertz CT molecular complexity index is 736. The van der Waals surface area contributed by atoms with Gasteiger partial charge in [-0.05, 0) is 45.9 Å². The lowest BCUT2D eigenvalue weighted by atomic mass is 9.81. The van der Waals surface area contributed by atoms with Gasteiger partial charge in [-0.3, -0.25) is 14.8 Å². The van der Waals surface area contributed by atoms with Crippen molar-refractivity contribution in [3.8, 4) is 17.6 Å². The SMILES string of the molecule is CC(C)(O)C#CCOc1ccc(C(N)=O)cc1C(C(=O)NO)C(C)(C)N. The molecule has 0 spiro atoms. The first-order chi connectivity index (χ1) is 11.9. The molecule has 142 valence electrons. The number of benzene rings is 1. The van der Waals surface area contributed by atoms with Crippen molar-refractivity contribution in [1.29, 1.82) is 0 Å². The number of primary amides is 1. The molecule has 7 N–H and O–H groups in total. The summed E-state index contributed by atoms with van der Waals surface area (Å²) in [6.07, 6.45) is 0. The number of rotatable bonds is 6. The van der Waals surface area contributed by atoms with Crippen molar-refractivity contribution in [1.82, 2.24) is 5.48 Å². The number of carbonyl (C=O) groups is 2. The highest BCUT2D eigenvalue weighted by molar-refractivity contribution is 5.94. The summed E-state index contributed by atoms with van der Waals surface area (Å²) in [6.45, 7) is 6.20. The van der Waals surface area contributed by atoms with Crippen LogP contribution in [0.4, 0.5) is 0 Å². The highest BCUT2D eigenvalue weighted by Crippen LogP contribution is 2.34. The van der Waals surface area contributed by atoms with Crippen molar-refractivity contribution in [3.63, 3.8) is 0 Å². The van der Waals surface area contributed by atoms with Crippen molar-refractivity contribution < 1.29 is 24.6 Å². The van der Waals surface area contributed by atoms with E-state index in [9.17, 15) is 14.7 Å². The van der Waals surface area contributed by atoms with E-state index < -0.39 is 28.9 Å². The molecule has 0 radical (unpaired) electrons. The van der Waals surface area contributed by atoms with E-state index in [4.69, 9.17) is 21.4 Å². The smallest absolute Gasteiger partial charge is 0.252 e. The minimum Gasteiger partial charge on any atom is -0.481 e. The molecule has 0 saturated heterocycles. The molecule has 0 fully saturated rings. The van der Waals surface area contributed by atoms with Gasteiger partial charge in [-0.2, -0.15) is 0 Å². The quantitative estimate of drug-likeness (QED) is 0.278. The Hall–Kier alpha value is -2.60. The Morgan fingerprint density at radius 3 is 2.38 bits per heavy atom. The fourth-order valence-corrected chi connectivity index (χ4v) is 2.37. The molecule has 0 aliphatic heterocycles. The topological polar surface area (TPSA) is 148 Å². The Kier molecular flexibility index (Phi) is 6.75. The van der Waals surface area contributed by atoms with Gasteiger partial charge in [0, 0.05) is 16.7 Å². The molecule has 2 amide bonds. The number of nitrogens with one attached hydrogen (secondary N) is 1. The largest absolute Gasteiger partial charge is 0.481 e. The Balaban J connectivity index is 3.35. The van der Waals surface area contributed by atoms with Crippen molar-refractivity contribution in [2.75, 3.05) is 6.61 Å². The van der Waals surface area contributed by atoms with Crippen LogP contribution in [0.15, 0.2) is 18.2 Å².